The molecule has 1 amide bonds. The second-order valence-corrected chi connectivity index (χ2v) is 6.38. The summed E-state index contributed by atoms with van der Waals surface area (Å²) in [4.78, 5) is 16.6. The summed E-state index contributed by atoms with van der Waals surface area (Å²) in [6.07, 6.45) is 5.79. The first-order chi connectivity index (χ1) is 13.2. The zero-order chi connectivity index (χ0) is 18.6. The average Bonchev–Trinajstić information content (AvgIpc) is 3.14. The van der Waals surface area contributed by atoms with Crippen molar-refractivity contribution in [3.8, 4) is 22.8 Å². The van der Waals surface area contributed by atoms with Gasteiger partial charge in [0.1, 0.15) is 12.7 Å². The van der Waals surface area contributed by atoms with Crippen LogP contribution in [0, 0.1) is 0 Å². The summed E-state index contributed by atoms with van der Waals surface area (Å²) in [5, 5.41) is 7.03. The molecule has 2 aromatic heterocycles. The van der Waals surface area contributed by atoms with Crippen LogP contribution >= 0.6 is 0 Å². The van der Waals surface area contributed by atoms with Crippen LogP contribution in [0.2, 0.25) is 0 Å². The molecule has 1 N–H and O–H groups in total. The predicted molar refractivity (Wildman–Crippen MR) is 99.7 cm³/mol. The third-order valence-corrected chi connectivity index (χ3v) is 4.35. The van der Waals surface area contributed by atoms with Gasteiger partial charge in [-0.15, -0.1) is 0 Å². The van der Waals surface area contributed by atoms with Gasteiger partial charge in [-0.05, 0) is 24.3 Å². The number of hydrogen-bond donors (Lipinski definition) is 1. The number of carbonyl (C=O) groups is 1. The number of benzene rings is 1. The van der Waals surface area contributed by atoms with Crippen molar-refractivity contribution in [2.24, 2.45) is 7.05 Å². The Morgan fingerprint density at radius 2 is 2.07 bits per heavy atom. The van der Waals surface area contributed by atoms with Crippen molar-refractivity contribution in [3.05, 3.63) is 60.6 Å². The van der Waals surface area contributed by atoms with E-state index in [0.717, 1.165) is 22.8 Å². The third kappa shape index (κ3) is 3.92. The summed E-state index contributed by atoms with van der Waals surface area (Å²) in [7, 11) is 1.85. The molecule has 0 unspecified atom stereocenters. The molecule has 1 aliphatic rings. The fourth-order valence-electron chi connectivity index (χ4n) is 2.91. The number of hydrogen-bond acceptors (Lipinski definition) is 5. The van der Waals surface area contributed by atoms with Gasteiger partial charge in [0.05, 0.1) is 17.5 Å². The lowest BCUT2D eigenvalue weighted by Gasteiger charge is -2.26. The molecule has 7 nitrogen and oxygen atoms in total. The van der Waals surface area contributed by atoms with E-state index in [1.807, 2.05) is 43.6 Å². The van der Waals surface area contributed by atoms with Crippen LogP contribution in [0.4, 0.5) is 0 Å². The maximum Gasteiger partial charge on any atom is 0.252 e. The van der Waals surface area contributed by atoms with E-state index in [1.165, 1.54) is 0 Å². The summed E-state index contributed by atoms with van der Waals surface area (Å²) in [6, 6.07) is 11.2. The van der Waals surface area contributed by atoms with Crippen molar-refractivity contribution in [1.82, 2.24) is 20.1 Å². The Morgan fingerprint density at radius 3 is 2.81 bits per heavy atom. The van der Waals surface area contributed by atoms with Crippen molar-refractivity contribution < 1.29 is 14.3 Å². The normalized spacial score (nSPS) is 15.4. The largest absolute Gasteiger partial charge is 0.486 e. The van der Waals surface area contributed by atoms with Gasteiger partial charge in [0.15, 0.2) is 11.5 Å². The van der Waals surface area contributed by atoms with Gasteiger partial charge in [-0.1, -0.05) is 12.1 Å². The lowest BCUT2D eigenvalue weighted by atomic mass is 10.2. The number of para-hydroxylation sites is 2. The molecule has 0 saturated carbocycles. The highest BCUT2D eigenvalue weighted by atomic mass is 16.6. The molecule has 0 radical (unpaired) electrons. The number of carbonyl (C=O) groups excluding carboxylic acids is 1. The first kappa shape index (κ1) is 17.1. The summed E-state index contributed by atoms with van der Waals surface area (Å²) in [5.74, 6) is 1.35. The molecule has 1 atom stereocenters. The van der Waals surface area contributed by atoms with Gasteiger partial charge < -0.3 is 14.8 Å². The Balaban J connectivity index is 1.28. The number of rotatable bonds is 5. The fourth-order valence-corrected chi connectivity index (χ4v) is 2.91. The zero-order valence-corrected chi connectivity index (χ0v) is 15.0. The number of pyridine rings is 1. The Morgan fingerprint density at radius 1 is 1.22 bits per heavy atom. The molecule has 3 heterocycles. The van der Waals surface area contributed by atoms with E-state index < -0.39 is 0 Å². The zero-order valence-electron chi connectivity index (χ0n) is 15.0. The molecule has 27 heavy (non-hydrogen) atoms. The van der Waals surface area contributed by atoms with E-state index in [9.17, 15) is 4.79 Å². The molecule has 138 valence electrons. The summed E-state index contributed by atoms with van der Waals surface area (Å²) < 4.78 is 13.3. The topological polar surface area (TPSA) is 78.3 Å². The molecule has 0 bridgehead atoms. The number of amides is 1. The Kier molecular flexibility index (Phi) is 4.74. The van der Waals surface area contributed by atoms with Crippen molar-refractivity contribution in [2.45, 2.75) is 12.5 Å². The van der Waals surface area contributed by atoms with Crippen LogP contribution in [0.15, 0.2) is 55.0 Å². The minimum atomic E-state index is -0.155. The second kappa shape index (κ2) is 7.49. The van der Waals surface area contributed by atoms with Gasteiger partial charge in [-0.25, -0.2) is 0 Å². The van der Waals surface area contributed by atoms with E-state index in [-0.39, 0.29) is 12.0 Å². The number of nitrogens with zero attached hydrogens (tertiary/aromatic N) is 3. The third-order valence-electron chi connectivity index (χ3n) is 4.35. The second-order valence-electron chi connectivity index (χ2n) is 6.38. The minimum Gasteiger partial charge on any atom is -0.486 e. The lowest BCUT2D eigenvalue weighted by Crippen LogP contribution is -2.34. The van der Waals surface area contributed by atoms with Crippen LogP contribution in [0.3, 0.4) is 0 Å². The number of aryl methyl sites for hydroxylation is 1. The van der Waals surface area contributed by atoms with Gasteiger partial charge in [0.25, 0.3) is 5.91 Å². The van der Waals surface area contributed by atoms with Gasteiger partial charge in [-0.2, -0.15) is 5.10 Å². The predicted octanol–water partition coefficient (Wildman–Crippen LogP) is 2.44. The monoisotopic (exact) mass is 364 g/mol. The number of fused-ring (bicyclic) bond motifs is 1. The molecule has 1 aromatic carbocycles. The first-order valence-corrected chi connectivity index (χ1v) is 8.81. The van der Waals surface area contributed by atoms with Crippen LogP contribution in [-0.2, 0) is 7.05 Å². The molecule has 0 spiro atoms. The van der Waals surface area contributed by atoms with Gasteiger partial charge in [-0.3, -0.25) is 14.5 Å². The van der Waals surface area contributed by atoms with Gasteiger partial charge in [0.2, 0.25) is 0 Å². The van der Waals surface area contributed by atoms with E-state index in [4.69, 9.17) is 9.47 Å². The first-order valence-electron chi connectivity index (χ1n) is 8.81. The average molecular weight is 364 g/mol. The highest BCUT2D eigenvalue weighted by Crippen LogP contribution is 2.31. The number of nitrogens with one attached hydrogen (secondary N) is 1. The molecule has 4 rings (SSSR count). The molecule has 3 aromatic rings. The Hall–Kier alpha value is -3.35. The maximum atomic E-state index is 12.3. The van der Waals surface area contributed by atoms with Crippen LogP contribution < -0.4 is 14.8 Å². The van der Waals surface area contributed by atoms with E-state index in [1.54, 1.807) is 23.1 Å². The van der Waals surface area contributed by atoms with E-state index in [0.29, 0.717) is 25.1 Å². The maximum absolute atomic E-state index is 12.3. The molecular formula is C20H20N4O3. The highest BCUT2D eigenvalue weighted by molar-refractivity contribution is 5.94. The molecular weight excluding hydrogens is 344 g/mol. The quantitative estimate of drug-likeness (QED) is 0.752. The Bertz CT molecular complexity index is 936. The summed E-state index contributed by atoms with van der Waals surface area (Å²) in [5.41, 5.74) is 2.22. The molecule has 1 aliphatic heterocycles. The van der Waals surface area contributed by atoms with Crippen molar-refractivity contribution in [2.75, 3.05) is 13.2 Å². The van der Waals surface area contributed by atoms with E-state index in [2.05, 4.69) is 15.4 Å². The standard InChI is InChI=1S/C20H20N4O3/c1-24-12-15(11-23-24)17-7-6-14(10-22-17)20(25)21-9-8-16-13-26-18-4-2-3-5-19(18)27-16/h2-7,10-12,16H,8-9,13H2,1H3,(H,21,25)/t16-/m0/s1. The Labute approximate surface area is 156 Å². The fraction of sp³-hybridized carbons (Fsp3) is 0.250. The van der Waals surface area contributed by atoms with Crippen LogP contribution in [-0.4, -0.2) is 39.9 Å². The van der Waals surface area contributed by atoms with Gasteiger partial charge in [0, 0.05) is 38.0 Å². The van der Waals surface area contributed by atoms with Crippen molar-refractivity contribution in [1.29, 1.82) is 0 Å². The van der Waals surface area contributed by atoms with Crippen molar-refractivity contribution in [3.63, 3.8) is 0 Å². The summed E-state index contributed by atoms with van der Waals surface area (Å²) in [6.45, 7) is 0.980. The van der Waals surface area contributed by atoms with Crippen LogP contribution in [0.1, 0.15) is 16.8 Å². The highest BCUT2D eigenvalue weighted by Gasteiger charge is 2.20. The molecule has 0 fully saturated rings. The molecule has 0 saturated heterocycles. The molecule has 7 heteroatoms. The van der Waals surface area contributed by atoms with Gasteiger partial charge >= 0.3 is 0 Å². The number of aromatic nitrogens is 3. The van der Waals surface area contributed by atoms with Crippen LogP contribution in [0.5, 0.6) is 11.5 Å². The minimum absolute atomic E-state index is 0.0775. The smallest absolute Gasteiger partial charge is 0.252 e. The lowest BCUT2D eigenvalue weighted by molar-refractivity contribution is 0.0812. The van der Waals surface area contributed by atoms with E-state index >= 15 is 0 Å². The molecule has 0 aliphatic carbocycles. The number of ether oxygens (including phenoxy) is 2. The SMILES string of the molecule is Cn1cc(-c2ccc(C(=O)NCC[C@H]3COc4ccccc4O3)cn2)cn1. The summed E-state index contributed by atoms with van der Waals surface area (Å²) >= 11 is 0. The van der Waals surface area contributed by atoms with Crippen LogP contribution in [0.25, 0.3) is 11.3 Å². The van der Waals surface area contributed by atoms with Crippen molar-refractivity contribution >= 4 is 5.91 Å².